The van der Waals surface area contributed by atoms with Crippen LogP contribution in [0.5, 0.6) is 0 Å². The normalized spacial score (nSPS) is 12.1. The van der Waals surface area contributed by atoms with Crippen molar-refractivity contribution in [2.75, 3.05) is 0 Å². The summed E-state index contributed by atoms with van der Waals surface area (Å²) < 4.78 is 17.3. The molecule has 0 spiro atoms. The third-order valence-electron chi connectivity index (χ3n) is 11.6. The van der Waals surface area contributed by atoms with E-state index in [2.05, 4.69) is 143 Å². The van der Waals surface area contributed by atoms with Gasteiger partial charge in [-0.3, -0.25) is 4.57 Å². The van der Waals surface area contributed by atoms with Gasteiger partial charge in [0, 0.05) is 59.9 Å². The molecule has 0 saturated heterocycles. The summed E-state index contributed by atoms with van der Waals surface area (Å²) in [5.74, 6) is 1.64. The van der Waals surface area contributed by atoms with Crippen molar-refractivity contribution >= 4 is 87.5 Å². The van der Waals surface area contributed by atoms with E-state index in [0.717, 1.165) is 93.5 Å². The van der Waals surface area contributed by atoms with Gasteiger partial charge in [0.05, 0.1) is 22.1 Å². The highest BCUT2D eigenvalue weighted by molar-refractivity contribution is 6.14. The molecule has 13 rings (SSSR count). The Kier molecular flexibility index (Phi) is 6.32. The van der Waals surface area contributed by atoms with Crippen LogP contribution >= 0.6 is 0 Å². The van der Waals surface area contributed by atoms with E-state index in [1.165, 1.54) is 10.8 Å². The molecule has 5 heterocycles. The summed E-state index contributed by atoms with van der Waals surface area (Å²) in [6, 6.07) is 60.9. The molecule has 0 unspecified atom stereocenters. The largest absolute Gasteiger partial charge is 0.456 e. The first-order valence-electron chi connectivity index (χ1n) is 19.4. The second-order valence-corrected chi connectivity index (χ2v) is 14.8. The molecule has 0 atom stereocenters. The molecule has 0 aliphatic carbocycles. The van der Waals surface area contributed by atoms with Gasteiger partial charge in [-0.05, 0) is 72.8 Å². The van der Waals surface area contributed by atoms with E-state index in [4.69, 9.17) is 23.8 Å². The highest BCUT2D eigenvalue weighted by atomic mass is 16.3. The molecule has 0 saturated carbocycles. The number of fused-ring (bicyclic) bond motifs is 12. The molecule has 13 aromatic rings. The van der Waals surface area contributed by atoms with E-state index in [0.29, 0.717) is 17.6 Å². The Bertz CT molecular complexity index is 3720. The minimum absolute atomic E-state index is 0.533. The van der Waals surface area contributed by atoms with Crippen molar-refractivity contribution in [3.63, 3.8) is 0 Å². The molecule has 5 aromatic heterocycles. The first-order valence-corrected chi connectivity index (χ1v) is 19.4. The standard InChI is InChI=1S/C51H29N5O2/c1-6-18-40-32(12-1)33-13-2-7-19-41(33)55(40)31-25-27-46-39(29-31)48-37(17-11-23-47(48)58-46)50-52-49(30-24-26-45-38(28-30)36-16-5-10-22-44(36)57-45)53-51(54-50)56-42-20-8-3-14-34(42)35-15-4-9-21-43(35)56/h1-29H. The predicted octanol–water partition coefficient (Wildman–Crippen LogP) is 13.2. The number of aromatic nitrogens is 5. The minimum Gasteiger partial charge on any atom is -0.456 e. The SMILES string of the molecule is c1ccc2c(c1)oc1ccc(-c3nc(-c4cccc5oc6ccc(-n7c8ccccc8c8ccccc87)cc6c45)nc(-n4c5ccccc5c5ccccc54)n3)cc12. The lowest BCUT2D eigenvalue weighted by Crippen LogP contribution is -2.06. The zero-order chi connectivity index (χ0) is 37.9. The summed E-state index contributed by atoms with van der Waals surface area (Å²) >= 11 is 0. The molecule has 0 aliphatic rings. The number of furan rings is 2. The summed E-state index contributed by atoms with van der Waals surface area (Å²) in [6.45, 7) is 0. The van der Waals surface area contributed by atoms with E-state index in [-0.39, 0.29) is 0 Å². The Morgan fingerprint density at radius 2 is 0.862 bits per heavy atom. The smallest absolute Gasteiger partial charge is 0.238 e. The molecule has 7 heteroatoms. The van der Waals surface area contributed by atoms with Crippen molar-refractivity contribution in [3.05, 3.63) is 176 Å². The molecular formula is C51H29N5O2. The molecule has 8 aromatic carbocycles. The van der Waals surface area contributed by atoms with Crippen LogP contribution in [0, 0.1) is 0 Å². The summed E-state index contributed by atoms with van der Waals surface area (Å²) in [5.41, 5.74) is 10.3. The number of hydrogen-bond acceptors (Lipinski definition) is 5. The van der Waals surface area contributed by atoms with Gasteiger partial charge in [-0.2, -0.15) is 9.97 Å². The fourth-order valence-corrected chi connectivity index (χ4v) is 9.06. The number of benzene rings is 8. The van der Waals surface area contributed by atoms with Gasteiger partial charge in [0.15, 0.2) is 11.6 Å². The molecule has 58 heavy (non-hydrogen) atoms. The van der Waals surface area contributed by atoms with Gasteiger partial charge < -0.3 is 13.4 Å². The monoisotopic (exact) mass is 743 g/mol. The van der Waals surface area contributed by atoms with Gasteiger partial charge in [0.25, 0.3) is 0 Å². The molecule has 270 valence electrons. The van der Waals surface area contributed by atoms with Crippen LogP contribution < -0.4 is 0 Å². The average molecular weight is 744 g/mol. The molecular weight excluding hydrogens is 715 g/mol. The molecule has 0 bridgehead atoms. The maximum absolute atomic E-state index is 6.58. The summed E-state index contributed by atoms with van der Waals surface area (Å²) in [5, 5.41) is 8.68. The maximum Gasteiger partial charge on any atom is 0.238 e. The lowest BCUT2D eigenvalue weighted by Gasteiger charge is -2.12. The third-order valence-corrected chi connectivity index (χ3v) is 11.6. The Morgan fingerprint density at radius 3 is 1.55 bits per heavy atom. The van der Waals surface area contributed by atoms with E-state index < -0.39 is 0 Å². The third kappa shape index (κ3) is 4.41. The van der Waals surface area contributed by atoms with Crippen LogP contribution in [0.4, 0.5) is 0 Å². The Morgan fingerprint density at radius 1 is 0.345 bits per heavy atom. The van der Waals surface area contributed by atoms with E-state index in [9.17, 15) is 0 Å². The van der Waals surface area contributed by atoms with Crippen molar-refractivity contribution in [3.8, 4) is 34.4 Å². The highest BCUT2D eigenvalue weighted by Gasteiger charge is 2.22. The summed E-state index contributed by atoms with van der Waals surface area (Å²) in [6.07, 6.45) is 0. The van der Waals surface area contributed by atoms with Crippen LogP contribution in [0.3, 0.4) is 0 Å². The quantitative estimate of drug-likeness (QED) is 0.179. The van der Waals surface area contributed by atoms with Crippen LogP contribution in [0.1, 0.15) is 0 Å². The van der Waals surface area contributed by atoms with Gasteiger partial charge in [0.2, 0.25) is 5.95 Å². The van der Waals surface area contributed by atoms with Crippen LogP contribution in [0.2, 0.25) is 0 Å². The molecule has 0 fully saturated rings. The van der Waals surface area contributed by atoms with Crippen LogP contribution in [0.25, 0.3) is 122 Å². The second kappa shape index (κ2) is 11.7. The number of hydrogen-bond donors (Lipinski definition) is 0. The van der Waals surface area contributed by atoms with Crippen molar-refractivity contribution in [1.29, 1.82) is 0 Å². The van der Waals surface area contributed by atoms with Gasteiger partial charge >= 0.3 is 0 Å². The van der Waals surface area contributed by atoms with Crippen LogP contribution in [-0.4, -0.2) is 24.1 Å². The molecule has 0 amide bonds. The zero-order valence-corrected chi connectivity index (χ0v) is 30.8. The Hall–Kier alpha value is -8.03. The second-order valence-electron chi connectivity index (χ2n) is 14.8. The van der Waals surface area contributed by atoms with Gasteiger partial charge in [-0.25, -0.2) is 4.98 Å². The van der Waals surface area contributed by atoms with Crippen molar-refractivity contribution in [2.24, 2.45) is 0 Å². The molecule has 0 aliphatic heterocycles. The van der Waals surface area contributed by atoms with Crippen molar-refractivity contribution in [2.45, 2.75) is 0 Å². The van der Waals surface area contributed by atoms with E-state index >= 15 is 0 Å². The average Bonchev–Trinajstić information content (AvgIpc) is 4.03. The van der Waals surface area contributed by atoms with Crippen molar-refractivity contribution in [1.82, 2.24) is 24.1 Å². The number of rotatable bonds is 4. The van der Waals surface area contributed by atoms with Crippen LogP contribution in [-0.2, 0) is 0 Å². The first-order chi connectivity index (χ1) is 28.7. The van der Waals surface area contributed by atoms with E-state index in [1.54, 1.807) is 0 Å². The lowest BCUT2D eigenvalue weighted by atomic mass is 10.0. The number of nitrogens with zero attached hydrogens (tertiary/aromatic N) is 5. The van der Waals surface area contributed by atoms with Crippen LogP contribution in [0.15, 0.2) is 185 Å². The fraction of sp³-hybridized carbons (Fsp3) is 0. The summed E-state index contributed by atoms with van der Waals surface area (Å²) in [4.78, 5) is 15.9. The number of para-hydroxylation sites is 5. The van der Waals surface area contributed by atoms with E-state index in [1.807, 2.05) is 42.5 Å². The topological polar surface area (TPSA) is 74.8 Å². The maximum atomic E-state index is 6.58. The Balaban J connectivity index is 1.09. The minimum atomic E-state index is 0.533. The molecule has 0 N–H and O–H groups in total. The predicted molar refractivity (Wildman–Crippen MR) is 234 cm³/mol. The van der Waals surface area contributed by atoms with Gasteiger partial charge in [-0.1, -0.05) is 103 Å². The highest BCUT2D eigenvalue weighted by Crippen LogP contribution is 2.40. The molecule has 7 nitrogen and oxygen atoms in total. The lowest BCUT2D eigenvalue weighted by molar-refractivity contribution is 0.668. The molecule has 0 radical (unpaired) electrons. The Labute approximate surface area is 329 Å². The van der Waals surface area contributed by atoms with Crippen molar-refractivity contribution < 1.29 is 8.83 Å². The van der Waals surface area contributed by atoms with Gasteiger partial charge in [-0.15, -0.1) is 0 Å². The summed E-state index contributed by atoms with van der Waals surface area (Å²) in [7, 11) is 0. The van der Waals surface area contributed by atoms with Gasteiger partial charge in [0.1, 0.15) is 22.3 Å². The fourth-order valence-electron chi connectivity index (χ4n) is 9.06. The zero-order valence-electron chi connectivity index (χ0n) is 30.8. The first kappa shape index (κ1) is 31.2.